The van der Waals surface area contributed by atoms with Crippen molar-refractivity contribution in [1.82, 2.24) is 9.80 Å². The summed E-state index contributed by atoms with van der Waals surface area (Å²) in [6.45, 7) is 5.18. The molecule has 0 spiro atoms. The molecule has 0 bridgehead atoms. The molecule has 282 valence electrons. The average Bonchev–Trinajstić information content (AvgIpc) is 3.48. The van der Waals surface area contributed by atoms with Gasteiger partial charge in [0.25, 0.3) is 0 Å². The van der Waals surface area contributed by atoms with Crippen molar-refractivity contribution in [2.24, 2.45) is 35.5 Å². The lowest BCUT2D eigenvalue weighted by Gasteiger charge is -2.35. The van der Waals surface area contributed by atoms with Crippen molar-refractivity contribution in [2.45, 2.75) is 167 Å². The summed E-state index contributed by atoms with van der Waals surface area (Å²) in [5.74, 6) is -1.16. The van der Waals surface area contributed by atoms with E-state index in [1.54, 1.807) is 14.1 Å². The van der Waals surface area contributed by atoms with Crippen molar-refractivity contribution >= 4 is 23.6 Å². The second-order valence-electron chi connectivity index (χ2n) is 16.4. The van der Waals surface area contributed by atoms with Crippen LogP contribution in [0, 0.1) is 35.5 Å². The van der Waals surface area contributed by atoms with E-state index in [1.807, 2.05) is 0 Å². The van der Waals surface area contributed by atoms with E-state index in [9.17, 15) is 19.2 Å². The fraction of sp³-hybridized carbons (Fsp3) is 0.814. The topological polar surface area (TPSA) is 84.0 Å². The van der Waals surface area contributed by atoms with Crippen LogP contribution in [0.1, 0.15) is 162 Å². The van der Waals surface area contributed by atoms with E-state index in [0.717, 1.165) is 32.1 Å². The smallest absolute Gasteiger partial charge is 0.233 e. The first-order chi connectivity index (χ1) is 24.2. The van der Waals surface area contributed by atoms with Crippen LogP contribution in [0.2, 0.25) is 0 Å². The lowest BCUT2D eigenvalue weighted by atomic mass is 9.72. The van der Waals surface area contributed by atoms with E-state index in [-0.39, 0.29) is 59.1 Å². The number of hydrogen-bond donors (Lipinski definition) is 0. The first-order valence-corrected chi connectivity index (χ1v) is 20.8. The maximum atomic E-state index is 13.0. The molecule has 0 N–H and O–H groups in total. The lowest BCUT2D eigenvalue weighted by molar-refractivity contribution is -0.139. The Morgan fingerprint density at radius 1 is 0.580 bits per heavy atom. The van der Waals surface area contributed by atoms with Crippen LogP contribution in [0.3, 0.4) is 0 Å². The highest BCUT2D eigenvalue weighted by atomic mass is 16.5. The van der Waals surface area contributed by atoms with Gasteiger partial charge >= 0.3 is 0 Å². The quantitative estimate of drug-likeness (QED) is 0.0540. The molecular weight excluding hydrogens is 624 g/mol. The number of unbranched alkanes of at least 4 members (excludes halogenated alkanes) is 16. The third-order valence-electron chi connectivity index (χ3n) is 12.6. The number of amides is 4. The minimum absolute atomic E-state index is 0.0278. The number of fused-ring (bicyclic) bond motifs is 2. The standard InChI is InChI=1S/C43H70N2O5/c1-5-6-7-8-9-10-11-12-13-14-15-16-17-18-19-20-21-32-50-43(2,30-28-33-24-22-26-35-37(33)41(48)44(3)39(35)46)31-29-34-25-23-27-36-38(34)42(49)45(4)40(36)47/h22-25,33-38H,5-21,26-32H2,1-4H3. The van der Waals surface area contributed by atoms with Gasteiger partial charge in [0.2, 0.25) is 23.6 Å². The molecule has 6 atom stereocenters. The van der Waals surface area contributed by atoms with Crippen LogP contribution in [-0.4, -0.2) is 59.7 Å². The summed E-state index contributed by atoms with van der Waals surface area (Å²) in [7, 11) is 3.23. The molecular formula is C43H70N2O5. The van der Waals surface area contributed by atoms with E-state index in [1.165, 1.54) is 113 Å². The number of imide groups is 2. The number of likely N-dealkylation sites (tertiary alicyclic amines) is 2. The Balaban J connectivity index is 1.18. The molecule has 4 aliphatic rings. The summed E-state index contributed by atoms with van der Waals surface area (Å²) in [4.78, 5) is 54.1. The molecule has 0 aromatic heterocycles. The molecule has 50 heavy (non-hydrogen) atoms. The Hall–Kier alpha value is -2.28. The van der Waals surface area contributed by atoms with Gasteiger partial charge < -0.3 is 4.74 Å². The summed E-state index contributed by atoms with van der Waals surface area (Å²) in [6.07, 6.45) is 35.7. The van der Waals surface area contributed by atoms with Gasteiger partial charge in [-0.25, -0.2) is 0 Å². The third-order valence-corrected chi connectivity index (χ3v) is 12.6. The van der Waals surface area contributed by atoms with Crippen LogP contribution in [0.5, 0.6) is 0 Å². The maximum absolute atomic E-state index is 13.0. The van der Waals surface area contributed by atoms with Crippen LogP contribution >= 0.6 is 0 Å². The molecule has 2 aliphatic heterocycles. The van der Waals surface area contributed by atoms with Gasteiger partial charge in [-0.2, -0.15) is 0 Å². The number of allylic oxidation sites excluding steroid dienone is 4. The highest BCUT2D eigenvalue weighted by molar-refractivity contribution is 6.06. The maximum Gasteiger partial charge on any atom is 0.233 e. The van der Waals surface area contributed by atoms with Gasteiger partial charge in [0.15, 0.2) is 0 Å². The molecule has 2 heterocycles. The normalized spacial score (nSPS) is 27.4. The van der Waals surface area contributed by atoms with Crippen LogP contribution < -0.4 is 0 Å². The van der Waals surface area contributed by atoms with Crippen LogP contribution in [0.4, 0.5) is 0 Å². The minimum atomic E-state index is -0.411. The Kier molecular flexibility index (Phi) is 16.7. The van der Waals surface area contributed by atoms with Crippen molar-refractivity contribution in [3.05, 3.63) is 24.3 Å². The monoisotopic (exact) mass is 695 g/mol. The fourth-order valence-electron chi connectivity index (χ4n) is 9.22. The molecule has 4 amide bonds. The molecule has 7 heteroatoms. The average molecular weight is 695 g/mol. The molecule has 0 aromatic rings. The van der Waals surface area contributed by atoms with Crippen molar-refractivity contribution in [2.75, 3.05) is 20.7 Å². The molecule has 0 aromatic carbocycles. The number of nitrogens with zero attached hydrogens (tertiary/aromatic N) is 2. The number of carbonyl (C=O) groups is 4. The van der Waals surface area contributed by atoms with E-state index < -0.39 is 5.60 Å². The summed E-state index contributed by atoms with van der Waals surface area (Å²) in [6, 6.07) is 0. The molecule has 2 fully saturated rings. The molecule has 4 rings (SSSR count). The Morgan fingerprint density at radius 3 is 1.32 bits per heavy atom. The molecule has 7 nitrogen and oxygen atoms in total. The van der Waals surface area contributed by atoms with Crippen molar-refractivity contribution in [1.29, 1.82) is 0 Å². The predicted octanol–water partition coefficient (Wildman–Crippen LogP) is 9.59. The number of rotatable bonds is 25. The molecule has 0 saturated carbocycles. The summed E-state index contributed by atoms with van der Waals surface area (Å²) < 4.78 is 6.72. The minimum Gasteiger partial charge on any atom is -0.375 e. The van der Waals surface area contributed by atoms with Crippen LogP contribution in [0.25, 0.3) is 0 Å². The van der Waals surface area contributed by atoms with Gasteiger partial charge in [-0.1, -0.05) is 134 Å². The van der Waals surface area contributed by atoms with Gasteiger partial charge in [0, 0.05) is 20.7 Å². The summed E-state index contributed by atoms with van der Waals surface area (Å²) in [5, 5.41) is 0. The molecule has 2 saturated heterocycles. The lowest BCUT2D eigenvalue weighted by Crippen LogP contribution is -2.35. The zero-order valence-electron chi connectivity index (χ0n) is 32.2. The van der Waals surface area contributed by atoms with Gasteiger partial charge in [-0.05, 0) is 63.7 Å². The zero-order valence-corrected chi connectivity index (χ0v) is 32.2. The van der Waals surface area contributed by atoms with Crippen LogP contribution in [0.15, 0.2) is 24.3 Å². The van der Waals surface area contributed by atoms with Gasteiger partial charge in [0.1, 0.15) is 0 Å². The van der Waals surface area contributed by atoms with E-state index in [4.69, 9.17) is 4.74 Å². The first-order valence-electron chi connectivity index (χ1n) is 20.8. The Morgan fingerprint density at radius 2 is 0.940 bits per heavy atom. The number of carbonyl (C=O) groups excluding carboxylic acids is 4. The second kappa shape index (κ2) is 20.7. The Labute approximate surface area is 304 Å². The van der Waals surface area contributed by atoms with Crippen LogP contribution in [-0.2, 0) is 23.9 Å². The summed E-state index contributed by atoms with van der Waals surface area (Å²) >= 11 is 0. The van der Waals surface area contributed by atoms with Gasteiger partial charge in [-0.3, -0.25) is 29.0 Å². The largest absolute Gasteiger partial charge is 0.375 e. The van der Waals surface area contributed by atoms with E-state index in [2.05, 4.69) is 38.2 Å². The van der Waals surface area contributed by atoms with E-state index in [0.29, 0.717) is 19.4 Å². The molecule has 0 radical (unpaired) electrons. The zero-order chi connectivity index (χ0) is 35.9. The van der Waals surface area contributed by atoms with Gasteiger partial charge in [0.05, 0.1) is 29.3 Å². The van der Waals surface area contributed by atoms with Crippen molar-refractivity contribution in [3.63, 3.8) is 0 Å². The highest BCUT2D eigenvalue weighted by Crippen LogP contribution is 2.44. The first kappa shape index (κ1) is 40.5. The third kappa shape index (κ3) is 11.1. The predicted molar refractivity (Wildman–Crippen MR) is 201 cm³/mol. The van der Waals surface area contributed by atoms with Gasteiger partial charge in [-0.15, -0.1) is 0 Å². The fourth-order valence-corrected chi connectivity index (χ4v) is 9.22. The second-order valence-corrected chi connectivity index (χ2v) is 16.4. The SMILES string of the molecule is CCCCCCCCCCCCCCCCCCCOC(C)(CCC1C=CCC2C(=O)N(C)C(=O)C12)CCC1C=CCC2C(=O)N(C)C(=O)C12. The summed E-state index contributed by atoms with van der Waals surface area (Å²) in [5.41, 5.74) is -0.411. The number of ether oxygens (including phenoxy) is 1. The van der Waals surface area contributed by atoms with Crippen molar-refractivity contribution < 1.29 is 23.9 Å². The number of hydrogen-bond acceptors (Lipinski definition) is 5. The molecule has 6 unspecified atom stereocenters. The molecule has 2 aliphatic carbocycles. The van der Waals surface area contributed by atoms with Crippen molar-refractivity contribution in [3.8, 4) is 0 Å². The highest BCUT2D eigenvalue weighted by Gasteiger charge is 2.51. The van der Waals surface area contributed by atoms with E-state index >= 15 is 0 Å². The Bertz CT molecular complexity index is 1100.